The molecule has 1 aliphatic heterocycles. The van der Waals surface area contributed by atoms with E-state index in [4.69, 9.17) is 5.11 Å². The number of hydrogen-bond donors (Lipinski definition) is 3. The Kier molecular flexibility index (Phi) is 6.32. The van der Waals surface area contributed by atoms with Gasteiger partial charge in [-0.2, -0.15) is 0 Å². The summed E-state index contributed by atoms with van der Waals surface area (Å²) in [7, 11) is 0. The van der Waals surface area contributed by atoms with Crippen molar-refractivity contribution < 1.29 is 19.5 Å². The first kappa shape index (κ1) is 15.5. The summed E-state index contributed by atoms with van der Waals surface area (Å²) in [5, 5.41) is 14.1. The Hall–Kier alpha value is -1.59. The molecule has 19 heavy (non-hydrogen) atoms. The zero-order valence-corrected chi connectivity index (χ0v) is 11.3. The fraction of sp³-hybridized carbons (Fsp3) is 0.769. The van der Waals surface area contributed by atoms with E-state index in [1.165, 1.54) is 0 Å². The Bertz CT molecular complexity index is 344. The normalized spacial score (nSPS) is 19.8. The molecule has 1 heterocycles. The van der Waals surface area contributed by atoms with Gasteiger partial charge in [0.1, 0.15) is 12.1 Å². The Morgan fingerprint density at radius 2 is 2.16 bits per heavy atom. The molecule has 0 aromatic heterocycles. The van der Waals surface area contributed by atoms with Gasteiger partial charge in [-0.15, -0.1) is 0 Å². The van der Waals surface area contributed by atoms with Crippen LogP contribution in [0.15, 0.2) is 0 Å². The molecule has 108 valence electrons. The zero-order chi connectivity index (χ0) is 14.3. The number of nitrogens with one attached hydrogen (secondary N) is 2. The maximum Gasteiger partial charge on any atom is 0.326 e. The molecule has 1 aliphatic rings. The molecule has 2 atom stereocenters. The average molecular weight is 270 g/mol. The SMILES string of the molecule is CCCCCC[C@@H](NC(=O)[C@H]1CCC(=O)N1)C(=O)O. The van der Waals surface area contributed by atoms with Crippen LogP contribution in [0.5, 0.6) is 0 Å². The minimum atomic E-state index is -1.02. The Morgan fingerprint density at radius 3 is 2.68 bits per heavy atom. The molecule has 0 aromatic rings. The molecule has 1 saturated heterocycles. The first-order chi connectivity index (χ1) is 9.04. The van der Waals surface area contributed by atoms with E-state index in [9.17, 15) is 14.4 Å². The van der Waals surface area contributed by atoms with Crippen LogP contribution in [-0.4, -0.2) is 35.0 Å². The van der Waals surface area contributed by atoms with E-state index in [-0.39, 0.29) is 5.91 Å². The molecule has 1 rings (SSSR count). The first-order valence-corrected chi connectivity index (χ1v) is 6.87. The zero-order valence-electron chi connectivity index (χ0n) is 11.3. The maximum absolute atomic E-state index is 11.8. The van der Waals surface area contributed by atoms with E-state index in [2.05, 4.69) is 17.6 Å². The lowest BCUT2D eigenvalue weighted by molar-refractivity contribution is -0.142. The van der Waals surface area contributed by atoms with Gasteiger partial charge in [-0.3, -0.25) is 9.59 Å². The molecule has 0 spiro atoms. The highest BCUT2D eigenvalue weighted by atomic mass is 16.4. The Morgan fingerprint density at radius 1 is 1.42 bits per heavy atom. The number of hydrogen-bond acceptors (Lipinski definition) is 3. The van der Waals surface area contributed by atoms with Gasteiger partial charge in [0.05, 0.1) is 0 Å². The van der Waals surface area contributed by atoms with Crippen molar-refractivity contribution in [3.8, 4) is 0 Å². The van der Waals surface area contributed by atoms with Crippen molar-refractivity contribution in [2.24, 2.45) is 0 Å². The summed E-state index contributed by atoms with van der Waals surface area (Å²) in [5.74, 6) is -1.57. The molecular weight excluding hydrogens is 248 g/mol. The number of carbonyl (C=O) groups is 3. The second-order valence-corrected chi connectivity index (χ2v) is 4.91. The van der Waals surface area contributed by atoms with Crippen LogP contribution in [0.1, 0.15) is 51.9 Å². The van der Waals surface area contributed by atoms with Crippen LogP contribution in [0, 0.1) is 0 Å². The third kappa shape index (κ3) is 5.28. The van der Waals surface area contributed by atoms with Gasteiger partial charge in [-0.05, 0) is 12.8 Å². The highest BCUT2D eigenvalue weighted by Gasteiger charge is 2.30. The van der Waals surface area contributed by atoms with E-state index in [0.717, 1.165) is 25.7 Å². The third-order valence-electron chi connectivity index (χ3n) is 3.27. The second-order valence-electron chi connectivity index (χ2n) is 4.91. The van der Waals surface area contributed by atoms with Crippen molar-refractivity contribution in [2.75, 3.05) is 0 Å². The lowest BCUT2D eigenvalue weighted by Gasteiger charge is -2.17. The van der Waals surface area contributed by atoms with Crippen molar-refractivity contribution in [2.45, 2.75) is 64.0 Å². The molecular formula is C13H22N2O4. The minimum absolute atomic E-state index is 0.157. The van der Waals surface area contributed by atoms with Crippen LogP contribution in [0.25, 0.3) is 0 Å². The number of carboxylic acid groups (broad SMARTS) is 1. The van der Waals surface area contributed by atoms with Crippen LogP contribution in [0.2, 0.25) is 0 Å². The molecule has 2 amide bonds. The number of unbranched alkanes of at least 4 members (excludes halogenated alkanes) is 3. The summed E-state index contributed by atoms with van der Waals surface area (Å²) in [5.41, 5.74) is 0. The van der Waals surface area contributed by atoms with Gasteiger partial charge >= 0.3 is 5.97 Å². The van der Waals surface area contributed by atoms with Gasteiger partial charge in [0.15, 0.2) is 0 Å². The van der Waals surface area contributed by atoms with Crippen molar-refractivity contribution in [3.05, 3.63) is 0 Å². The molecule has 0 unspecified atom stereocenters. The second kappa shape index (κ2) is 7.76. The Labute approximate surface area is 112 Å². The summed E-state index contributed by atoms with van der Waals surface area (Å²) >= 11 is 0. The number of aliphatic carboxylic acids is 1. The summed E-state index contributed by atoms with van der Waals surface area (Å²) in [6, 6.07) is -1.44. The number of rotatable bonds is 8. The number of amides is 2. The first-order valence-electron chi connectivity index (χ1n) is 6.87. The van der Waals surface area contributed by atoms with Gasteiger partial charge in [0.25, 0.3) is 0 Å². The van der Waals surface area contributed by atoms with Crippen molar-refractivity contribution in [1.29, 1.82) is 0 Å². The van der Waals surface area contributed by atoms with Crippen LogP contribution in [0.3, 0.4) is 0 Å². The summed E-state index contributed by atoms with van der Waals surface area (Å²) in [6.07, 6.45) is 5.09. The summed E-state index contributed by atoms with van der Waals surface area (Å²) < 4.78 is 0. The molecule has 1 fully saturated rings. The van der Waals surface area contributed by atoms with Gasteiger partial charge in [-0.1, -0.05) is 32.6 Å². The molecule has 0 aliphatic carbocycles. The molecule has 0 aromatic carbocycles. The van der Waals surface area contributed by atoms with E-state index in [0.29, 0.717) is 19.3 Å². The average Bonchev–Trinajstić information content (AvgIpc) is 2.79. The van der Waals surface area contributed by atoms with Gasteiger partial charge in [-0.25, -0.2) is 4.79 Å². The molecule has 6 heteroatoms. The highest BCUT2D eigenvalue weighted by molar-refractivity contribution is 5.92. The summed E-state index contributed by atoms with van der Waals surface area (Å²) in [6.45, 7) is 2.08. The van der Waals surface area contributed by atoms with Gasteiger partial charge in [0.2, 0.25) is 11.8 Å². The van der Waals surface area contributed by atoms with E-state index >= 15 is 0 Å². The van der Waals surface area contributed by atoms with Crippen molar-refractivity contribution in [3.63, 3.8) is 0 Å². The monoisotopic (exact) mass is 270 g/mol. The van der Waals surface area contributed by atoms with Crippen LogP contribution >= 0.6 is 0 Å². The van der Waals surface area contributed by atoms with Crippen molar-refractivity contribution in [1.82, 2.24) is 10.6 Å². The standard InChI is InChI=1S/C13H22N2O4/c1-2-3-4-5-6-10(13(18)19)15-12(17)9-7-8-11(16)14-9/h9-10H,2-8H2,1H3,(H,14,16)(H,15,17)(H,18,19)/t9-,10-/m1/s1. The number of carboxylic acids is 1. The minimum Gasteiger partial charge on any atom is -0.480 e. The molecule has 0 saturated carbocycles. The van der Waals surface area contributed by atoms with Crippen LogP contribution < -0.4 is 10.6 Å². The fourth-order valence-corrected chi connectivity index (χ4v) is 2.12. The summed E-state index contributed by atoms with van der Waals surface area (Å²) in [4.78, 5) is 33.9. The lowest BCUT2D eigenvalue weighted by Crippen LogP contribution is -2.48. The molecule has 3 N–H and O–H groups in total. The van der Waals surface area contributed by atoms with Crippen molar-refractivity contribution >= 4 is 17.8 Å². The van der Waals surface area contributed by atoms with Crippen LogP contribution in [0.4, 0.5) is 0 Å². The Balaban J connectivity index is 2.37. The molecule has 0 bridgehead atoms. The fourth-order valence-electron chi connectivity index (χ4n) is 2.12. The van der Waals surface area contributed by atoms with E-state index in [1.54, 1.807) is 0 Å². The predicted octanol–water partition coefficient (Wildman–Crippen LogP) is 0.805. The predicted molar refractivity (Wildman–Crippen MR) is 69.5 cm³/mol. The molecule has 6 nitrogen and oxygen atoms in total. The topological polar surface area (TPSA) is 95.5 Å². The largest absolute Gasteiger partial charge is 0.480 e. The number of carbonyl (C=O) groups excluding carboxylic acids is 2. The smallest absolute Gasteiger partial charge is 0.326 e. The third-order valence-corrected chi connectivity index (χ3v) is 3.27. The maximum atomic E-state index is 11.8. The molecule has 0 radical (unpaired) electrons. The van der Waals surface area contributed by atoms with E-state index < -0.39 is 24.0 Å². The lowest BCUT2D eigenvalue weighted by atomic mass is 10.1. The van der Waals surface area contributed by atoms with E-state index in [1.807, 2.05) is 0 Å². The van der Waals surface area contributed by atoms with Gasteiger partial charge < -0.3 is 15.7 Å². The van der Waals surface area contributed by atoms with Gasteiger partial charge in [0, 0.05) is 6.42 Å². The quantitative estimate of drug-likeness (QED) is 0.569. The highest BCUT2D eigenvalue weighted by Crippen LogP contribution is 2.09. The van der Waals surface area contributed by atoms with Crippen LogP contribution in [-0.2, 0) is 14.4 Å².